The number of benzene rings is 4. The molecular weight excluding hydrogens is 462 g/mol. The summed E-state index contributed by atoms with van der Waals surface area (Å²) >= 11 is 6.10. The Kier molecular flexibility index (Phi) is 6.01. The van der Waals surface area contributed by atoms with Crippen LogP contribution in [0, 0.1) is 0 Å². The van der Waals surface area contributed by atoms with E-state index < -0.39 is 17.7 Å². The molecule has 5 nitrogen and oxygen atoms in total. The second-order valence-corrected chi connectivity index (χ2v) is 8.82. The first kappa shape index (κ1) is 22.7. The number of hydrogen-bond donors (Lipinski definition) is 1. The van der Waals surface area contributed by atoms with Crippen molar-refractivity contribution in [3.63, 3.8) is 0 Å². The van der Waals surface area contributed by atoms with Crippen LogP contribution in [-0.4, -0.2) is 28.8 Å². The van der Waals surface area contributed by atoms with E-state index in [-0.39, 0.29) is 17.9 Å². The molecule has 1 N–H and O–H groups in total. The predicted molar refractivity (Wildman–Crippen MR) is 136 cm³/mol. The molecule has 1 fully saturated rings. The van der Waals surface area contributed by atoms with Crippen LogP contribution in [0.5, 0.6) is 5.75 Å². The van der Waals surface area contributed by atoms with Gasteiger partial charge in [-0.3, -0.25) is 9.59 Å². The molecule has 1 saturated heterocycles. The molecule has 4 aromatic rings. The maximum absolute atomic E-state index is 13.3. The number of rotatable bonds is 5. The molecule has 1 unspecified atom stereocenters. The summed E-state index contributed by atoms with van der Waals surface area (Å²) in [5, 5.41) is 13.8. The number of fused-ring (bicyclic) bond motifs is 1. The number of ketones is 1. The third-order valence-electron chi connectivity index (χ3n) is 6.26. The molecule has 6 heteroatoms. The minimum atomic E-state index is -0.763. The minimum Gasteiger partial charge on any atom is -0.507 e. The number of aliphatic hydroxyl groups excluding tert-OH is 1. The van der Waals surface area contributed by atoms with Crippen molar-refractivity contribution in [2.45, 2.75) is 12.6 Å². The Hall–Kier alpha value is -4.09. The predicted octanol–water partition coefficient (Wildman–Crippen LogP) is 6.12. The highest BCUT2D eigenvalue weighted by Crippen LogP contribution is 2.41. The molecule has 5 rings (SSSR count). The highest BCUT2D eigenvalue weighted by Gasteiger charge is 2.46. The molecule has 1 heterocycles. The molecule has 4 aromatic carbocycles. The molecule has 174 valence electrons. The lowest BCUT2D eigenvalue weighted by Crippen LogP contribution is -2.29. The van der Waals surface area contributed by atoms with Crippen LogP contribution < -0.4 is 4.74 Å². The Morgan fingerprint density at radius 1 is 0.914 bits per heavy atom. The van der Waals surface area contributed by atoms with Gasteiger partial charge in [0, 0.05) is 17.1 Å². The smallest absolute Gasteiger partial charge is 0.295 e. The van der Waals surface area contributed by atoms with Crippen molar-refractivity contribution >= 4 is 39.8 Å². The van der Waals surface area contributed by atoms with Gasteiger partial charge in [0.2, 0.25) is 0 Å². The highest BCUT2D eigenvalue weighted by atomic mass is 35.5. The number of amides is 1. The van der Waals surface area contributed by atoms with Crippen LogP contribution in [-0.2, 0) is 16.1 Å². The summed E-state index contributed by atoms with van der Waals surface area (Å²) in [4.78, 5) is 28.0. The number of Topliss-reactive ketones (excluding diaryl/α,β-unsaturated/α-hetero) is 1. The zero-order valence-corrected chi connectivity index (χ0v) is 19.7. The van der Waals surface area contributed by atoms with E-state index in [9.17, 15) is 14.7 Å². The van der Waals surface area contributed by atoms with Gasteiger partial charge in [0.15, 0.2) is 0 Å². The second kappa shape index (κ2) is 9.28. The van der Waals surface area contributed by atoms with E-state index in [4.69, 9.17) is 16.3 Å². The Morgan fingerprint density at radius 2 is 1.60 bits per heavy atom. The van der Waals surface area contributed by atoms with Gasteiger partial charge in [0.1, 0.15) is 11.5 Å². The highest BCUT2D eigenvalue weighted by molar-refractivity contribution is 6.46. The van der Waals surface area contributed by atoms with E-state index in [1.165, 1.54) is 4.90 Å². The summed E-state index contributed by atoms with van der Waals surface area (Å²) in [6, 6.07) is 26.7. The SMILES string of the molecule is COc1ccc(CN2C(=O)C(=O)/C(=C(\O)c3ccc4ccccc4c3)C2c2ccc(Cl)cc2)cc1. The summed E-state index contributed by atoms with van der Waals surface area (Å²) in [5.41, 5.74) is 2.05. The molecule has 1 amide bonds. The molecule has 1 atom stereocenters. The number of likely N-dealkylation sites (tertiary alicyclic amines) is 1. The second-order valence-electron chi connectivity index (χ2n) is 8.39. The standard InChI is InChI=1S/C29H22ClNO4/c1-35-24-14-6-18(7-15-24)17-31-26(20-10-12-23(30)13-11-20)25(28(33)29(31)34)27(32)22-9-8-19-4-2-3-5-21(19)16-22/h2-16,26,32H,17H2,1H3/b27-25-. The number of ether oxygens (including phenoxy) is 1. The zero-order valence-electron chi connectivity index (χ0n) is 18.9. The van der Waals surface area contributed by atoms with Crippen LogP contribution in [0.3, 0.4) is 0 Å². The van der Waals surface area contributed by atoms with Gasteiger partial charge in [-0.1, -0.05) is 72.3 Å². The molecule has 1 aliphatic heterocycles. The molecule has 0 saturated carbocycles. The van der Waals surface area contributed by atoms with Gasteiger partial charge in [-0.2, -0.15) is 0 Å². The molecule has 1 aliphatic rings. The third kappa shape index (κ3) is 4.27. The van der Waals surface area contributed by atoms with Crippen LogP contribution in [0.25, 0.3) is 16.5 Å². The lowest BCUT2D eigenvalue weighted by molar-refractivity contribution is -0.140. The van der Waals surface area contributed by atoms with Gasteiger partial charge >= 0.3 is 0 Å². The van der Waals surface area contributed by atoms with Crippen molar-refractivity contribution in [3.8, 4) is 5.75 Å². The van der Waals surface area contributed by atoms with Gasteiger partial charge < -0.3 is 14.7 Å². The van der Waals surface area contributed by atoms with E-state index in [2.05, 4.69) is 0 Å². The van der Waals surface area contributed by atoms with Gasteiger partial charge in [0.05, 0.1) is 18.7 Å². The van der Waals surface area contributed by atoms with Crippen molar-refractivity contribution in [1.82, 2.24) is 4.90 Å². The van der Waals surface area contributed by atoms with Gasteiger partial charge in [-0.15, -0.1) is 0 Å². The Labute approximate surface area is 207 Å². The Bertz CT molecular complexity index is 1460. The maximum Gasteiger partial charge on any atom is 0.295 e. The van der Waals surface area contributed by atoms with E-state index in [1.54, 1.807) is 49.6 Å². The lowest BCUT2D eigenvalue weighted by atomic mass is 9.94. The Morgan fingerprint density at radius 3 is 2.29 bits per heavy atom. The summed E-state index contributed by atoms with van der Waals surface area (Å²) in [6.07, 6.45) is 0. The van der Waals surface area contributed by atoms with Crippen LogP contribution in [0.15, 0.2) is 96.6 Å². The fourth-order valence-electron chi connectivity index (χ4n) is 4.45. The number of methoxy groups -OCH3 is 1. The first-order valence-electron chi connectivity index (χ1n) is 11.1. The zero-order chi connectivity index (χ0) is 24.5. The van der Waals surface area contributed by atoms with Crippen LogP contribution >= 0.6 is 11.6 Å². The maximum atomic E-state index is 13.3. The number of aliphatic hydroxyl groups is 1. The first-order valence-corrected chi connectivity index (χ1v) is 11.5. The molecule has 0 radical (unpaired) electrons. The van der Waals surface area contributed by atoms with Crippen molar-refractivity contribution in [1.29, 1.82) is 0 Å². The molecule has 0 aliphatic carbocycles. The Balaban J connectivity index is 1.63. The van der Waals surface area contributed by atoms with E-state index in [1.807, 2.05) is 48.5 Å². The van der Waals surface area contributed by atoms with Crippen LogP contribution in [0.4, 0.5) is 0 Å². The van der Waals surface area contributed by atoms with E-state index in [0.29, 0.717) is 21.9 Å². The average molecular weight is 484 g/mol. The monoisotopic (exact) mass is 483 g/mol. The third-order valence-corrected chi connectivity index (χ3v) is 6.51. The van der Waals surface area contributed by atoms with Crippen molar-refractivity contribution in [3.05, 3.63) is 118 Å². The fraction of sp³-hybridized carbons (Fsp3) is 0.103. The summed E-state index contributed by atoms with van der Waals surface area (Å²) in [6.45, 7) is 0.191. The summed E-state index contributed by atoms with van der Waals surface area (Å²) in [5.74, 6) is -0.889. The van der Waals surface area contributed by atoms with E-state index in [0.717, 1.165) is 16.3 Å². The number of halogens is 1. The number of hydrogen-bond acceptors (Lipinski definition) is 4. The topological polar surface area (TPSA) is 66.8 Å². The molecule has 0 spiro atoms. The fourth-order valence-corrected chi connectivity index (χ4v) is 4.58. The molecular formula is C29H22ClNO4. The molecule has 35 heavy (non-hydrogen) atoms. The quantitative estimate of drug-likeness (QED) is 0.211. The molecule has 0 bridgehead atoms. The van der Waals surface area contributed by atoms with Gasteiger partial charge in [-0.25, -0.2) is 0 Å². The largest absolute Gasteiger partial charge is 0.507 e. The van der Waals surface area contributed by atoms with Crippen LogP contribution in [0.1, 0.15) is 22.7 Å². The molecule has 0 aromatic heterocycles. The normalized spacial score (nSPS) is 17.2. The summed E-state index contributed by atoms with van der Waals surface area (Å²) in [7, 11) is 1.58. The average Bonchev–Trinajstić information content (AvgIpc) is 3.13. The van der Waals surface area contributed by atoms with E-state index >= 15 is 0 Å². The first-order chi connectivity index (χ1) is 17.0. The number of carbonyl (C=O) groups is 2. The number of nitrogens with zero attached hydrogens (tertiary/aromatic N) is 1. The van der Waals surface area contributed by atoms with Gasteiger partial charge in [-0.05, 0) is 52.2 Å². The van der Waals surface area contributed by atoms with Gasteiger partial charge in [0.25, 0.3) is 11.7 Å². The number of carbonyl (C=O) groups excluding carboxylic acids is 2. The lowest BCUT2D eigenvalue weighted by Gasteiger charge is -2.25. The minimum absolute atomic E-state index is 0.0566. The van der Waals surface area contributed by atoms with Crippen molar-refractivity contribution in [2.24, 2.45) is 0 Å². The van der Waals surface area contributed by atoms with Crippen molar-refractivity contribution < 1.29 is 19.4 Å². The van der Waals surface area contributed by atoms with Crippen molar-refractivity contribution in [2.75, 3.05) is 7.11 Å². The summed E-state index contributed by atoms with van der Waals surface area (Å²) < 4.78 is 5.22. The van der Waals surface area contributed by atoms with Crippen LogP contribution in [0.2, 0.25) is 5.02 Å².